The summed E-state index contributed by atoms with van der Waals surface area (Å²) in [5.74, 6) is -2.47. The minimum absolute atomic E-state index is 0.0590. The van der Waals surface area contributed by atoms with Crippen molar-refractivity contribution >= 4 is 6.29 Å². The van der Waals surface area contributed by atoms with E-state index in [-0.39, 0.29) is 6.29 Å². The molecule has 6 nitrogen and oxygen atoms in total. The summed E-state index contributed by atoms with van der Waals surface area (Å²) in [6.07, 6.45) is -3.55. The maximum Gasteiger partial charge on any atom is 0.252 e. The predicted octanol–water partition coefficient (Wildman–Crippen LogP) is -2.77. The quantitative estimate of drug-likeness (QED) is 0.269. The van der Waals surface area contributed by atoms with Crippen LogP contribution < -0.4 is 0 Å². The number of hydrogen-bond acceptors (Lipinski definition) is 6. The Bertz CT molecular complexity index is 149. The van der Waals surface area contributed by atoms with E-state index in [1.165, 1.54) is 0 Å². The smallest absolute Gasteiger partial charge is 0.252 e. The van der Waals surface area contributed by atoms with Gasteiger partial charge < -0.3 is 25.2 Å². The molecule has 72 valence electrons. The van der Waals surface area contributed by atoms with Gasteiger partial charge in [-0.1, -0.05) is 0 Å². The third-order valence-electron chi connectivity index (χ3n) is 1.47. The van der Waals surface area contributed by atoms with E-state index >= 15 is 0 Å². The van der Waals surface area contributed by atoms with E-state index in [2.05, 4.69) is 4.74 Å². The van der Waals surface area contributed by atoms with Crippen molar-refractivity contribution in [2.75, 3.05) is 13.7 Å². The van der Waals surface area contributed by atoms with Gasteiger partial charge in [0.25, 0.3) is 5.79 Å². The second-order valence-corrected chi connectivity index (χ2v) is 2.27. The van der Waals surface area contributed by atoms with E-state index in [4.69, 9.17) is 20.4 Å². The average Bonchev–Trinajstić information content (AvgIpc) is 2.14. The van der Waals surface area contributed by atoms with Gasteiger partial charge in [0.05, 0.1) is 6.61 Å². The van der Waals surface area contributed by atoms with Crippen LogP contribution in [-0.2, 0) is 9.53 Å². The van der Waals surface area contributed by atoms with Crippen molar-refractivity contribution in [3.8, 4) is 0 Å². The van der Waals surface area contributed by atoms with Crippen LogP contribution in [0.2, 0.25) is 0 Å². The van der Waals surface area contributed by atoms with E-state index in [1.807, 2.05) is 0 Å². The third kappa shape index (κ3) is 2.23. The third-order valence-corrected chi connectivity index (χ3v) is 1.47. The van der Waals surface area contributed by atoms with Crippen molar-refractivity contribution in [2.24, 2.45) is 0 Å². The van der Waals surface area contributed by atoms with Crippen LogP contribution in [0.25, 0.3) is 0 Å². The Labute approximate surface area is 69.0 Å². The molecule has 0 amide bonds. The average molecular weight is 180 g/mol. The molecule has 0 heterocycles. The summed E-state index contributed by atoms with van der Waals surface area (Å²) in [5, 5.41) is 35.3. The van der Waals surface area contributed by atoms with Gasteiger partial charge >= 0.3 is 0 Å². The van der Waals surface area contributed by atoms with E-state index < -0.39 is 24.6 Å². The monoisotopic (exact) mass is 180 g/mol. The maximum absolute atomic E-state index is 10.2. The van der Waals surface area contributed by atoms with Crippen LogP contribution in [0.3, 0.4) is 0 Å². The number of rotatable bonds is 5. The van der Waals surface area contributed by atoms with Gasteiger partial charge in [0.2, 0.25) is 0 Å². The summed E-state index contributed by atoms with van der Waals surface area (Å²) < 4.78 is 4.24. The topological polar surface area (TPSA) is 107 Å². The van der Waals surface area contributed by atoms with E-state index in [1.54, 1.807) is 0 Å². The molecule has 0 rings (SSSR count). The first-order valence-electron chi connectivity index (χ1n) is 3.22. The molecular weight excluding hydrogens is 168 g/mol. The second kappa shape index (κ2) is 4.48. The van der Waals surface area contributed by atoms with E-state index in [0.29, 0.717) is 0 Å². The van der Waals surface area contributed by atoms with Gasteiger partial charge in [0.15, 0.2) is 6.29 Å². The predicted molar refractivity (Wildman–Crippen MR) is 37.1 cm³/mol. The summed E-state index contributed by atoms with van der Waals surface area (Å²) in [6.45, 7) is -0.777. The number of aliphatic hydroxyl groups is 4. The number of methoxy groups -OCH3 is 1. The fraction of sp³-hybridized carbons (Fsp3) is 0.833. The van der Waals surface area contributed by atoms with Crippen molar-refractivity contribution in [3.63, 3.8) is 0 Å². The molecular formula is C6H12O6. The van der Waals surface area contributed by atoms with Gasteiger partial charge in [-0.2, -0.15) is 0 Å². The Balaban J connectivity index is 4.40. The molecule has 0 bridgehead atoms. The number of aldehydes is 1. The van der Waals surface area contributed by atoms with Crippen LogP contribution in [0, 0.1) is 0 Å². The van der Waals surface area contributed by atoms with Crippen LogP contribution in [0.15, 0.2) is 0 Å². The van der Waals surface area contributed by atoms with Crippen molar-refractivity contribution in [1.82, 2.24) is 0 Å². The first kappa shape index (κ1) is 11.5. The molecule has 0 radical (unpaired) electrons. The van der Waals surface area contributed by atoms with Crippen LogP contribution in [0.4, 0.5) is 0 Å². The Hall–Kier alpha value is -0.530. The molecule has 3 unspecified atom stereocenters. The van der Waals surface area contributed by atoms with Crippen LogP contribution in [0.1, 0.15) is 0 Å². The molecule has 6 heteroatoms. The number of ether oxygens (including phenoxy) is 1. The molecule has 12 heavy (non-hydrogen) atoms. The van der Waals surface area contributed by atoms with Crippen molar-refractivity contribution in [1.29, 1.82) is 0 Å². The molecule has 0 fully saturated rings. The highest BCUT2D eigenvalue weighted by molar-refractivity contribution is 5.60. The molecule has 0 aliphatic heterocycles. The fourth-order valence-electron chi connectivity index (χ4n) is 0.614. The van der Waals surface area contributed by atoms with Crippen molar-refractivity contribution in [3.05, 3.63) is 0 Å². The van der Waals surface area contributed by atoms with Gasteiger partial charge in [-0.3, -0.25) is 4.79 Å². The molecule has 0 aromatic rings. The highest BCUT2D eigenvalue weighted by atomic mass is 16.6. The highest BCUT2D eigenvalue weighted by Crippen LogP contribution is 2.11. The van der Waals surface area contributed by atoms with Crippen molar-refractivity contribution in [2.45, 2.75) is 18.0 Å². The number of hydrogen-bond donors (Lipinski definition) is 4. The number of carbonyl (C=O) groups excluding carboxylic acids is 1. The summed E-state index contributed by atoms with van der Waals surface area (Å²) in [7, 11) is 0.988. The summed E-state index contributed by atoms with van der Waals surface area (Å²) in [5.41, 5.74) is 0. The van der Waals surface area contributed by atoms with Gasteiger partial charge in [-0.25, -0.2) is 0 Å². The highest BCUT2D eigenvalue weighted by Gasteiger charge is 2.40. The largest absolute Gasteiger partial charge is 0.394 e. The fourth-order valence-corrected chi connectivity index (χ4v) is 0.614. The standard InChI is InChI=1S/C6H12O6/c1-12-6(11,3-8)5(10)4(9)2-7/h3-5,7,9-11H,2H2,1H3. The normalized spacial score (nSPS) is 21.1. The number of aliphatic hydroxyl groups excluding tert-OH is 3. The molecule has 0 aromatic heterocycles. The van der Waals surface area contributed by atoms with Crippen molar-refractivity contribution < 1.29 is 30.0 Å². The summed E-state index contributed by atoms with van der Waals surface area (Å²) >= 11 is 0. The lowest BCUT2D eigenvalue weighted by Gasteiger charge is -2.28. The Morgan fingerprint density at radius 1 is 1.58 bits per heavy atom. The second-order valence-electron chi connectivity index (χ2n) is 2.27. The zero-order valence-corrected chi connectivity index (χ0v) is 6.54. The van der Waals surface area contributed by atoms with Gasteiger partial charge in [-0.15, -0.1) is 0 Å². The first-order valence-corrected chi connectivity index (χ1v) is 3.22. The Kier molecular flexibility index (Phi) is 4.29. The molecule has 0 saturated carbocycles. The van der Waals surface area contributed by atoms with Gasteiger partial charge in [0, 0.05) is 7.11 Å². The van der Waals surface area contributed by atoms with Gasteiger partial charge in [0.1, 0.15) is 12.2 Å². The number of carbonyl (C=O) groups is 1. The Morgan fingerprint density at radius 3 is 2.33 bits per heavy atom. The minimum atomic E-state index is -2.47. The van der Waals surface area contributed by atoms with Crippen LogP contribution in [0.5, 0.6) is 0 Å². The van der Waals surface area contributed by atoms with Crippen LogP contribution in [-0.4, -0.2) is 58.4 Å². The zero-order chi connectivity index (χ0) is 9.78. The SMILES string of the molecule is COC(O)(C=O)C(O)C(O)CO. The van der Waals surface area contributed by atoms with E-state index in [9.17, 15) is 4.79 Å². The minimum Gasteiger partial charge on any atom is -0.394 e. The lowest BCUT2D eigenvalue weighted by molar-refractivity contribution is -0.242. The zero-order valence-electron chi connectivity index (χ0n) is 6.54. The molecule has 3 atom stereocenters. The molecule has 0 aliphatic rings. The van der Waals surface area contributed by atoms with E-state index in [0.717, 1.165) is 7.11 Å². The summed E-state index contributed by atoms with van der Waals surface area (Å²) in [4.78, 5) is 10.2. The Morgan fingerprint density at radius 2 is 2.08 bits per heavy atom. The lowest BCUT2D eigenvalue weighted by Crippen LogP contribution is -2.52. The maximum atomic E-state index is 10.2. The van der Waals surface area contributed by atoms with Gasteiger partial charge in [-0.05, 0) is 0 Å². The molecule has 0 aromatic carbocycles. The molecule has 0 spiro atoms. The molecule has 0 aliphatic carbocycles. The summed E-state index contributed by atoms with van der Waals surface area (Å²) in [6, 6.07) is 0. The lowest BCUT2D eigenvalue weighted by atomic mass is 10.1. The molecule has 0 saturated heterocycles. The first-order chi connectivity index (χ1) is 5.51. The molecule has 4 N–H and O–H groups in total. The van der Waals surface area contributed by atoms with Crippen LogP contribution >= 0.6 is 0 Å².